The Hall–Kier alpha value is -0.750. The van der Waals surface area contributed by atoms with Crippen LogP contribution >= 0.6 is 7.14 Å². The van der Waals surface area contributed by atoms with E-state index in [0.29, 0.717) is 0 Å². The lowest BCUT2D eigenvalue weighted by Gasteiger charge is -2.19. The minimum atomic E-state index is -2.21. The second-order valence-electron chi connectivity index (χ2n) is 5.05. The topological polar surface area (TPSA) is 29.1 Å². The summed E-state index contributed by atoms with van der Waals surface area (Å²) in [6, 6.07) is 4.27. The predicted octanol–water partition coefficient (Wildman–Crippen LogP) is 3.16. The molecule has 1 aromatic rings. The summed E-state index contributed by atoms with van der Waals surface area (Å²) < 4.78 is 12.4. The van der Waals surface area contributed by atoms with E-state index >= 15 is 0 Å². The highest BCUT2D eigenvalue weighted by Gasteiger charge is 2.28. The highest BCUT2D eigenvalue weighted by molar-refractivity contribution is 7.70. The van der Waals surface area contributed by atoms with Crippen molar-refractivity contribution >= 4 is 18.1 Å². The molecule has 0 amide bonds. The number of benzene rings is 1. The molecule has 2 rings (SSSR count). The molecule has 0 aromatic heterocycles. The quantitative estimate of drug-likeness (QED) is 0.818. The van der Waals surface area contributed by atoms with Gasteiger partial charge in [-0.1, -0.05) is 6.07 Å². The molecule has 1 saturated carbocycles. The van der Waals surface area contributed by atoms with Crippen LogP contribution in [0.2, 0.25) is 0 Å². The fraction of sp³-hybridized carbons (Fsp3) is 0.538. The lowest BCUT2D eigenvalue weighted by atomic mass is 10.0. The van der Waals surface area contributed by atoms with Crippen LogP contribution in [0.4, 0.5) is 5.69 Å². The molecule has 0 spiro atoms. The van der Waals surface area contributed by atoms with E-state index in [4.69, 9.17) is 0 Å². The first-order valence-corrected chi connectivity index (χ1v) is 8.42. The van der Waals surface area contributed by atoms with Gasteiger partial charge >= 0.3 is 0 Å². The fourth-order valence-corrected chi connectivity index (χ4v) is 4.15. The molecule has 3 heteroatoms. The highest BCUT2D eigenvalue weighted by Crippen LogP contribution is 2.46. The van der Waals surface area contributed by atoms with E-state index in [-0.39, 0.29) is 0 Å². The van der Waals surface area contributed by atoms with Crippen LogP contribution < -0.4 is 10.6 Å². The van der Waals surface area contributed by atoms with Gasteiger partial charge in [-0.3, -0.25) is 0 Å². The summed E-state index contributed by atoms with van der Waals surface area (Å²) in [6.45, 7) is 5.82. The average Bonchev–Trinajstić information content (AvgIpc) is 2.98. The molecule has 0 bridgehead atoms. The van der Waals surface area contributed by atoms with Gasteiger partial charge in [0.05, 0.1) is 0 Å². The maximum atomic E-state index is 12.4. The Morgan fingerprint density at radius 3 is 2.38 bits per heavy atom. The molecule has 2 nitrogen and oxygen atoms in total. The monoisotopic (exact) mass is 237 g/mol. The predicted molar refractivity (Wildman–Crippen MR) is 71.8 cm³/mol. The molecule has 0 atom stereocenters. The van der Waals surface area contributed by atoms with Crippen molar-refractivity contribution in [1.29, 1.82) is 0 Å². The molecule has 1 N–H and O–H groups in total. The van der Waals surface area contributed by atoms with Crippen LogP contribution in [0.3, 0.4) is 0 Å². The normalized spacial score (nSPS) is 16.2. The summed E-state index contributed by atoms with van der Waals surface area (Å²) in [4.78, 5) is 0. The molecule has 0 heterocycles. The molecule has 0 unspecified atom stereocenters. The second-order valence-corrected chi connectivity index (χ2v) is 8.20. The van der Waals surface area contributed by atoms with Crippen molar-refractivity contribution < 1.29 is 4.57 Å². The van der Waals surface area contributed by atoms with E-state index in [9.17, 15) is 4.57 Å². The summed E-state index contributed by atoms with van der Waals surface area (Å²) >= 11 is 0. The number of rotatable bonds is 3. The third kappa shape index (κ3) is 2.04. The summed E-state index contributed by atoms with van der Waals surface area (Å²) in [7, 11) is -0.318. The van der Waals surface area contributed by atoms with E-state index in [1.807, 2.05) is 20.4 Å². The maximum absolute atomic E-state index is 12.4. The van der Waals surface area contributed by atoms with Gasteiger partial charge in [-0.2, -0.15) is 0 Å². The Balaban J connectivity index is 2.61. The zero-order chi connectivity index (χ0) is 11.9. The zero-order valence-electron chi connectivity index (χ0n) is 10.5. The van der Waals surface area contributed by atoms with Crippen molar-refractivity contribution in [3.63, 3.8) is 0 Å². The van der Waals surface area contributed by atoms with Crippen molar-refractivity contribution in [2.24, 2.45) is 0 Å². The van der Waals surface area contributed by atoms with Crippen LogP contribution in [-0.2, 0) is 4.57 Å². The minimum absolute atomic E-state index is 0.719. The molecule has 0 saturated heterocycles. The Labute approximate surface area is 97.8 Å². The molecule has 1 fully saturated rings. The first-order chi connectivity index (χ1) is 7.45. The van der Waals surface area contributed by atoms with Gasteiger partial charge in [-0.25, -0.2) is 0 Å². The lowest BCUT2D eigenvalue weighted by Crippen LogP contribution is -2.15. The van der Waals surface area contributed by atoms with Crippen LogP contribution in [0, 0.1) is 6.92 Å². The lowest BCUT2D eigenvalue weighted by molar-refractivity contribution is 0.588. The van der Waals surface area contributed by atoms with E-state index in [1.54, 1.807) is 0 Å². The third-order valence-corrected chi connectivity index (χ3v) is 4.95. The van der Waals surface area contributed by atoms with Gasteiger partial charge in [-0.05, 0) is 56.2 Å². The first-order valence-electron chi connectivity index (χ1n) is 5.82. The molecular weight excluding hydrogens is 217 g/mol. The van der Waals surface area contributed by atoms with Crippen LogP contribution in [0.15, 0.2) is 12.1 Å². The van der Waals surface area contributed by atoms with Crippen molar-refractivity contribution in [1.82, 2.24) is 0 Å². The minimum Gasteiger partial charge on any atom is -0.388 e. The van der Waals surface area contributed by atoms with Crippen LogP contribution in [0.1, 0.15) is 29.9 Å². The van der Waals surface area contributed by atoms with Crippen LogP contribution in [-0.4, -0.2) is 20.4 Å². The summed E-state index contributed by atoms with van der Waals surface area (Å²) in [5, 5.41) is 4.20. The SMILES string of the molecule is CNc1ccc(C2CC2)c(C)c1P(C)(C)=O. The largest absolute Gasteiger partial charge is 0.388 e. The number of nitrogens with one attached hydrogen (secondary N) is 1. The number of hydrogen-bond donors (Lipinski definition) is 1. The van der Waals surface area contributed by atoms with Gasteiger partial charge in [0, 0.05) is 18.0 Å². The smallest absolute Gasteiger partial charge is 0.112 e. The summed E-state index contributed by atoms with van der Waals surface area (Å²) in [5.74, 6) is 0.719. The van der Waals surface area contributed by atoms with Gasteiger partial charge in [0.25, 0.3) is 0 Å². The van der Waals surface area contributed by atoms with Gasteiger partial charge in [0.1, 0.15) is 7.14 Å². The molecule has 1 aliphatic rings. The Bertz CT molecular complexity index is 457. The molecular formula is C13H20NOP. The average molecular weight is 237 g/mol. The van der Waals surface area contributed by atoms with E-state index in [0.717, 1.165) is 16.9 Å². The second kappa shape index (κ2) is 3.92. The van der Waals surface area contributed by atoms with Crippen molar-refractivity contribution in [3.05, 3.63) is 23.3 Å². The maximum Gasteiger partial charge on any atom is 0.112 e. The fourth-order valence-electron chi connectivity index (χ4n) is 2.45. The van der Waals surface area contributed by atoms with Crippen molar-refractivity contribution in [2.45, 2.75) is 25.7 Å². The van der Waals surface area contributed by atoms with E-state index < -0.39 is 7.14 Å². The Morgan fingerprint density at radius 1 is 1.31 bits per heavy atom. The van der Waals surface area contributed by atoms with Crippen LogP contribution in [0.25, 0.3) is 0 Å². The summed E-state index contributed by atoms with van der Waals surface area (Å²) in [6.07, 6.45) is 2.58. The number of hydrogen-bond acceptors (Lipinski definition) is 2. The van der Waals surface area contributed by atoms with Gasteiger partial charge in [-0.15, -0.1) is 0 Å². The highest BCUT2D eigenvalue weighted by atomic mass is 31.2. The zero-order valence-corrected chi connectivity index (χ0v) is 11.4. The third-order valence-electron chi connectivity index (χ3n) is 3.30. The standard InChI is InChI=1S/C13H20NOP/c1-9-11(10-5-6-10)7-8-12(14-2)13(9)16(3,4)15/h7-8,10,14H,5-6H2,1-4H3. The van der Waals surface area contributed by atoms with E-state index in [1.165, 1.54) is 24.0 Å². The van der Waals surface area contributed by atoms with Gasteiger partial charge in [0.2, 0.25) is 0 Å². The molecule has 1 aromatic carbocycles. The molecule has 0 aliphatic heterocycles. The Kier molecular flexibility index (Phi) is 2.88. The van der Waals surface area contributed by atoms with Crippen molar-refractivity contribution in [3.8, 4) is 0 Å². The molecule has 1 aliphatic carbocycles. The van der Waals surface area contributed by atoms with Gasteiger partial charge < -0.3 is 9.88 Å². The van der Waals surface area contributed by atoms with Gasteiger partial charge in [0.15, 0.2) is 0 Å². The van der Waals surface area contributed by atoms with Crippen LogP contribution in [0.5, 0.6) is 0 Å². The molecule has 88 valence electrons. The number of anilines is 1. The summed E-state index contributed by atoms with van der Waals surface area (Å²) in [5.41, 5.74) is 3.66. The van der Waals surface area contributed by atoms with E-state index in [2.05, 4.69) is 24.4 Å². The molecule has 16 heavy (non-hydrogen) atoms. The Morgan fingerprint density at radius 2 is 1.94 bits per heavy atom. The first kappa shape index (κ1) is 11.7. The molecule has 0 radical (unpaired) electrons. The van der Waals surface area contributed by atoms with Crippen molar-refractivity contribution in [2.75, 3.05) is 25.7 Å².